The Balaban J connectivity index is 1.55. The number of allylic oxidation sites excluding steroid dienone is 1. The maximum atomic E-state index is 12.7. The average Bonchev–Trinajstić information content (AvgIpc) is 3.30. The molecule has 0 fully saturated rings. The highest BCUT2D eigenvalue weighted by Gasteiger charge is 2.16. The van der Waals surface area contributed by atoms with Gasteiger partial charge in [0.2, 0.25) is 6.79 Å². The summed E-state index contributed by atoms with van der Waals surface area (Å²) in [5.74, 6) is 1.59. The molecule has 8 heteroatoms. The molecule has 0 aliphatic carbocycles. The molecular formula is C27H20Br2N2O4. The van der Waals surface area contributed by atoms with Gasteiger partial charge in [0.15, 0.2) is 11.5 Å². The van der Waals surface area contributed by atoms with Crippen LogP contribution in [0.2, 0.25) is 0 Å². The minimum atomic E-state index is -0.491. The number of nitriles is 1. The summed E-state index contributed by atoms with van der Waals surface area (Å²) in [6.45, 7) is 4.38. The normalized spacial score (nSPS) is 12.1. The van der Waals surface area contributed by atoms with Gasteiger partial charge in [0, 0.05) is 10.2 Å². The molecule has 1 N–H and O–H groups in total. The molecule has 0 aromatic heterocycles. The lowest BCUT2D eigenvalue weighted by Gasteiger charge is -2.14. The number of rotatable bonds is 8. The third kappa shape index (κ3) is 6.13. The van der Waals surface area contributed by atoms with Gasteiger partial charge in [0.25, 0.3) is 5.91 Å². The molecule has 1 heterocycles. The van der Waals surface area contributed by atoms with Crippen LogP contribution in [0, 0.1) is 11.3 Å². The first-order valence-corrected chi connectivity index (χ1v) is 12.2. The van der Waals surface area contributed by atoms with Crippen LogP contribution >= 0.6 is 31.9 Å². The number of amides is 1. The molecule has 0 radical (unpaired) electrons. The first kappa shape index (κ1) is 24.6. The minimum Gasteiger partial charge on any atom is -0.487 e. The number of benzene rings is 3. The topological polar surface area (TPSA) is 80.6 Å². The number of carbonyl (C=O) groups is 1. The lowest BCUT2D eigenvalue weighted by Crippen LogP contribution is -2.13. The number of ether oxygens (including phenoxy) is 3. The van der Waals surface area contributed by atoms with Gasteiger partial charge in [-0.15, -0.1) is 6.58 Å². The van der Waals surface area contributed by atoms with Gasteiger partial charge in [-0.1, -0.05) is 34.1 Å². The lowest BCUT2D eigenvalue weighted by molar-refractivity contribution is -0.112. The van der Waals surface area contributed by atoms with Crippen molar-refractivity contribution in [1.82, 2.24) is 0 Å². The van der Waals surface area contributed by atoms with E-state index in [1.165, 1.54) is 0 Å². The van der Waals surface area contributed by atoms with E-state index in [0.29, 0.717) is 40.3 Å². The van der Waals surface area contributed by atoms with Crippen LogP contribution in [0.1, 0.15) is 16.7 Å². The Bertz CT molecular complexity index is 1360. The summed E-state index contributed by atoms with van der Waals surface area (Å²) in [5.41, 5.74) is 3.06. The third-order valence-electron chi connectivity index (χ3n) is 5.09. The van der Waals surface area contributed by atoms with Crippen LogP contribution in [-0.4, -0.2) is 12.7 Å². The molecule has 0 unspecified atom stereocenters. The largest absolute Gasteiger partial charge is 0.487 e. The monoisotopic (exact) mass is 594 g/mol. The van der Waals surface area contributed by atoms with E-state index in [-0.39, 0.29) is 12.4 Å². The fourth-order valence-corrected chi connectivity index (χ4v) is 4.52. The van der Waals surface area contributed by atoms with Crippen molar-refractivity contribution in [1.29, 1.82) is 5.26 Å². The van der Waals surface area contributed by atoms with Gasteiger partial charge in [0.05, 0.1) is 4.47 Å². The second-order valence-electron chi connectivity index (χ2n) is 7.59. The zero-order valence-corrected chi connectivity index (χ0v) is 21.7. The molecule has 0 saturated carbocycles. The predicted octanol–water partition coefficient (Wildman–Crippen LogP) is 6.79. The van der Waals surface area contributed by atoms with E-state index in [0.717, 1.165) is 21.3 Å². The van der Waals surface area contributed by atoms with Crippen LogP contribution in [0.4, 0.5) is 5.69 Å². The zero-order chi connectivity index (χ0) is 24.8. The fraction of sp³-hybridized carbons (Fsp3) is 0.111. The molecule has 1 aliphatic heterocycles. The van der Waals surface area contributed by atoms with Gasteiger partial charge >= 0.3 is 0 Å². The molecule has 0 bridgehead atoms. The summed E-state index contributed by atoms with van der Waals surface area (Å²) >= 11 is 6.95. The molecule has 1 amide bonds. The van der Waals surface area contributed by atoms with E-state index in [1.54, 1.807) is 30.4 Å². The van der Waals surface area contributed by atoms with Crippen LogP contribution < -0.4 is 19.5 Å². The van der Waals surface area contributed by atoms with E-state index in [1.807, 2.05) is 42.5 Å². The number of fused-ring (bicyclic) bond motifs is 1. The van der Waals surface area contributed by atoms with Gasteiger partial charge in [0.1, 0.15) is 24.0 Å². The molecule has 0 saturated heterocycles. The molecule has 35 heavy (non-hydrogen) atoms. The number of carbonyl (C=O) groups excluding carboxylic acids is 1. The van der Waals surface area contributed by atoms with Crippen molar-refractivity contribution < 1.29 is 19.0 Å². The second-order valence-corrected chi connectivity index (χ2v) is 9.36. The summed E-state index contributed by atoms with van der Waals surface area (Å²) in [6, 6.07) is 18.5. The van der Waals surface area contributed by atoms with E-state index >= 15 is 0 Å². The highest BCUT2D eigenvalue weighted by atomic mass is 79.9. The second kappa shape index (κ2) is 11.3. The molecule has 176 valence electrons. The maximum absolute atomic E-state index is 12.7. The van der Waals surface area contributed by atoms with Gasteiger partial charge in [-0.3, -0.25) is 4.79 Å². The van der Waals surface area contributed by atoms with Gasteiger partial charge in [-0.2, -0.15) is 5.26 Å². The van der Waals surface area contributed by atoms with Gasteiger partial charge in [-0.05, 0) is 87.6 Å². The lowest BCUT2D eigenvalue weighted by atomic mass is 10.0. The highest BCUT2D eigenvalue weighted by molar-refractivity contribution is 9.10. The van der Waals surface area contributed by atoms with Crippen LogP contribution in [0.25, 0.3) is 6.08 Å². The standard InChI is InChI=1S/C27H20Br2N2O4/c1-2-4-19-9-18(10-20(14-30)27(32)31-22-6-3-5-21(28)13-22)11-23(29)26(19)33-15-17-7-8-24-25(12-17)35-16-34-24/h2-3,5-13H,1,4,15-16H2,(H,31,32)/b20-10-. The molecule has 6 nitrogen and oxygen atoms in total. The first-order valence-electron chi connectivity index (χ1n) is 10.6. The predicted molar refractivity (Wildman–Crippen MR) is 141 cm³/mol. The summed E-state index contributed by atoms with van der Waals surface area (Å²) < 4.78 is 18.4. The van der Waals surface area contributed by atoms with Crippen molar-refractivity contribution in [2.24, 2.45) is 0 Å². The van der Waals surface area contributed by atoms with E-state index in [2.05, 4.69) is 43.8 Å². The Hall–Kier alpha value is -3.54. The summed E-state index contributed by atoms with van der Waals surface area (Å²) in [5, 5.41) is 12.3. The van der Waals surface area contributed by atoms with E-state index < -0.39 is 5.91 Å². The SMILES string of the molecule is C=CCc1cc(/C=C(/C#N)C(=O)Nc2cccc(Br)c2)cc(Br)c1OCc1ccc2c(c1)OCO2. The van der Waals surface area contributed by atoms with Crippen molar-refractivity contribution in [3.05, 3.63) is 98.5 Å². The van der Waals surface area contributed by atoms with E-state index in [9.17, 15) is 10.1 Å². The van der Waals surface area contributed by atoms with Gasteiger partial charge in [-0.25, -0.2) is 0 Å². The Morgan fingerprint density at radius 1 is 1.14 bits per heavy atom. The van der Waals surface area contributed by atoms with Crippen molar-refractivity contribution in [3.63, 3.8) is 0 Å². The van der Waals surface area contributed by atoms with Crippen molar-refractivity contribution in [2.45, 2.75) is 13.0 Å². The van der Waals surface area contributed by atoms with Crippen LogP contribution in [-0.2, 0) is 17.8 Å². The van der Waals surface area contributed by atoms with Crippen LogP contribution in [0.5, 0.6) is 17.2 Å². The Labute approximate surface area is 220 Å². The molecule has 3 aromatic rings. The Kier molecular flexibility index (Phi) is 7.91. The molecule has 3 aromatic carbocycles. The maximum Gasteiger partial charge on any atom is 0.266 e. The number of anilines is 1. The minimum absolute atomic E-state index is 0.0181. The molecule has 1 aliphatic rings. The average molecular weight is 596 g/mol. The molecular weight excluding hydrogens is 576 g/mol. The van der Waals surface area contributed by atoms with Crippen molar-refractivity contribution in [2.75, 3.05) is 12.1 Å². The van der Waals surface area contributed by atoms with Crippen molar-refractivity contribution >= 4 is 49.5 Å². The summed E-state index contributed by atoms with van der Waals surface area (Å²) in [6.07, 6.45) is 3.86. The molecule has 0 spiro atoms. The number of hydrogen-bond acceptors (Lipinski definition) is 5. The van der Waals surface area contributed by atoms with Crippen molar-refractivity contribution in [3.8, 4) is 23.3 Å². The quantitative estimate of drug-likeness (QED) is 0.176. The Morgan fingerprint density at radius 3 is 2.74 bits per heavy atom. The Morgan fingerprint density at radius 2 is 1.97 bits per heavy atom. The number of nitrogens with one attached hydrogen (secondary N) is 1. The number of hydrogen-bond donors (Lipinski definition) is 1. The molecule has 4 rings (SSSR count). The fourth-order valence-electron chi connectivity index (χ4n) is 3.49. The highest BCUT2D eigenvalue weighted by Crippen LogP contribution is 2.35. The first-order chi connectivity index (χ1) is 17.0. The summed E-state index contributed by atoms with van der Waals surface area (Å²) in [7, 11) is 0. The molecule has 0 atom stereocenters. The smallest absolute Gasteiger partial charge is 0.266 e. The summed E-state index contributed by atoms with van der Waals surface area (Å²) in [4.78, 5) is 12.7. The van der Waals surface area contributed by atoms with Gasteiger partial charge < -0.3 is 19.5 Å². The van der Waals surface area contributed by atoms with E-state index in [4.69, 9.17) is 14.2 Å². The van der Waals surface area contributed by atoms with Crippen LogP contribution in [0.3, 0.4) is 0 Å². The van der Waals surface area contributed by atoms with Crippen LogP contribution in [0.15, 0.2) is 81.8 Å². The number of halogens is 2. The third-order valence-corrected chi connectivity index (χ3v) is 6.17. The number of nitrogens with zero attached hydrogens (tertiary/aromatic N) is 1. The zero-order valence-electron chi connectivity index (χ0n) is 18.5.